The molecule has 5 nitrogen and oxygen atoms in total. The Labute approximate surface area is 210 Å². The van der Waals surface area contributed by atoms with Crippen LogP contribution in [0.15, 0.2) is 73.1 Å². The number of ether oxygens (including phenoxy) is 1. The molecular formula is C30H40N4O. The van der Waals surface area contributed by atoms with Gasteiger partial charge in [0.1, 0.15) is 0 Å². The summed E-state index contributed by atoms with van der Waals surface area (Å²) in [6.07, 6.45) is 22.6. The molecule has 0 spiro atoms. The van der Waals surface area contributed by atoms with Crippen molar-refractivity contribution in [3.63, 3.8) is 0 Å². The van der Waals surface area contributed by atoms with E-state index in [0.29, 0.717) is 18.4 Å². The quantitative estimate of drug-likeness (QED) is 0.318. The van der Waals surface area contributed by atoms with E-state index in [-0.39, 0.29) is 5.41 Å². The Kier molecular flexibility index (Phi) is 8.37. The molecule has 0 aromatic carbocycles. The maximum absolute atomic E-state index is 6.02. The minimum atomic E-state index is 0.0430. The zero-order valence-electron chi connectivity index (χ0n) is 21.6. The highest BCUT2D eigenvalue weighted by atomic mass is 16.5. The first kappa shape index (κ1) is 25.2. The van der Waals surface area contributed by atoms with Gasteiger partial charge in [-0.3, -0.25) is 4.98 Å². The molecule has 0 amide bonds. The van der Waals surface area contributed by atoms with Crippen molar-refractivity contribution < 1.29 is 4.74 Å². The summed E-state index contributed by atoms with van der Waals surface area (Å²) in [5.74, 6) is 2.23. The molecule has 0 unspecified atom stereocenters. The summed E-state index contributed by atoms with van der Waals surface area (Å²) in [5, 5.41) is 9.20. The molecule has 2 aromatic heterocycles. The average molecular weight is 473 g/mol. The average Bonchev–Trinajstić information content (AvgIpc) is 3.58. The van der Waals surface area contributed by atoms with Crippen molar-refractivity contribution in [1.29, 1.82) is 0 Å². The molecule has 0 saturated carbocycles. The summed E-state index contributed by atoms with van der Waals surface area (Å²) in [6.45, 7) is 11.5. The van der Waals surface area contributed by atoms with Crippen LogP contribution < -0.4 is 0 Å². The van der Waals surface area contributed by atoms with Crippen molar-refractivity contribution in [2.45, 2.75) is 72.1 Å². The van der Waals surface area contributed by atoms with Gasteiger partial charge in [-0.1, -0.05) is 32.1 Å². The molecule has 186 valence electrons. The minimum Gasteiger partial charge on any atom is -0.498 e. The van der Waals surface area contributed by atoms with Gasteiger partial charge in [-0.25, -0.2) is 0 Å². The molecule has 2 aromatic rings. The number of hydrogen-bond donors (Lipinski definition) is 0. The van der Waals surface area contributed by atoms with Gasteiger partial charge in [-0.05, 0) is 98.0 Å². The molecule has 2 heterocycles. The van der Waals surface area contributed by atoms with Gasteiger partial charge in [0.25, 0.3) is 0 Å². The molecule has 0 aliphatic heterocycles. The summed E-state index contributed by atoms with van der Waals surface area (Å²) in [7, 11) is 0. The molecule has 0 fully saturated rings. The summed E-state index contributed by atoms with van der Waals surface area (Å²) in [5.41, 5.74) is 5.28. The lowest BCUT2D eigenvalue weighted by atomic mass is 9.64. The standard InChI is InChI=1S/C30H40N4O/c1-5-7-9-23(3)30(4)16-15-27(35-6-2)21-28(30)29(34-32-18-19-33-34)14-12-24-11-13-25(20-24)26-10-8-17-31-22-26/h5,8,10,13,17-19,21-24H,1,6-7,9,11-12,14-16,20H2,2-4H3/b29-28+/t23-,24+,30-/m1/s1. The zero-order chi connectivity index (χ0) is 24.7. The molecule has 0 radical (unpaired) electrons. The molecule has 0 N–H and O–H groups in total. The number of aromatic nitrogens is 4. The van der Waals surface area contributed by atoms with Crippen molar-refractivity contribution >= 4 is 11.3 Å². The van der Waals surface area contributed by atoms with Gasteiger partial charge in [0.15, 0.2) is 0 Å². The Morgan fingerprint density at radius 1 is 1.31 bits per heavy atom. The van der Waals surface area contributed by atoms with Crippen LogP contribution in [-0.2, 0) is 4.74 Å². The predicted octanol–water partition coefficient (Wildman–Crippen LogP) is 7.48. The first-order valence-electron chi connectivity index (χ1n) is 13.2. The highest BCUT2D eigenvalue weighted by molar-refractivity contribution is 5.67. The topological polar surface area (TPSA) is 52.8 Å². The molecule has 2 aliphatic carbocycles. The van der Waals surface area contributed by atoms with Gasteiger partial charge >= 0.3 is 0 Å². The van der Waals surface area contributed by atoms with Crippen LogP contribution in [0.2, 0.25) is 0 Å². The van der Waals surface area contributed by atoms with Gasteiger partial charge in [0.2, 0.25) is 0 Å². The van der Waals surface area contributed by atoms with Crippen LogP contribution in [0.5, 0.6) is 0 Å². The van der Waals surface area contributed by atoms with Gasteiger partial charge in [0.05, 0.1) is 30.5 Å². The summed E-state index contributed by atoms with van der Waals surface area (Å²) in [6, 6.07) is 4.19. The molecule has 3 atom stereocenters. The second kappa shape index (κ2) is 11.7. The first-order valence-corrected chi connectivity index (χ1v) is 13.2. The number of hydrogen-bond acceptors (Lipinski definition) is 4. The molecule has 0 saturated heterocycles. The first-order chi connectivity index (χ1) is 17.0. The van der Waals surface area contributed by atoms with E-state index in [2.05, 4.69) is 60.7 Å². The van der Waals surface area contributed by atoms with Crippen LogP contribution >= 0.6 is 0 Å². The van der Waals surface area contributed by atoms with Crippen molar-refractivity contribution in [2.24, 2.45) is 17.3 Å². The summed E-state index contributed by atoms with van der Waals surface area (Å²) < 4.78 is 6.02. The van der Waals surface area contributed by atoms with Gasteiger partial charge in [-0.2, -0.15) is 15.0 Å². The molecular weight excluding hydrogens is 432 g/mol. The molecule has 0 bridgehead atoms. The van der Waals surface area contributed by atoms with Crippen molar-refractivity contribution in [3.05, 3.63) is 78.6 Å². The van der Waals surface area contributed by atoms with E-state index in [1.165, 1.54) is 22.4 Å². The molecule has 4 rings (SSSR count). The fourth-order valence-corrected chi connectivity index (χ4v) is 5.66. The highest BCUT2D eigenvalue weighted by Gasteiger charge is 2.39. The number of pyridine rings is 1. The van der Waals surface area contributed by atoms with Crippen LogP contribution in [0.25, 0.3) is 11.3 Å². The lowest BCUT2D eigenvalue weighted by Gasteiger charge is -2.41. The Morgan fingerprint density at radius 3 is 2.86 bits per heavy atom. The fourth-order valence-electron chi connectivity index (χ4n) is 5.66. The van der Waals surface area contributed by atoms with Crippen molar-refractivity contribution in [2.75, 3.05) is 6.61 Å². The second-order valence-corrected chi connectivity index (χ2v) is 10.2. The maximum Gasteiger partial charge on any atom is 0.0963 e. The molecule has 35 heavy (non-hydrogen) atoms. The lowest BCUT2D eigenvalue weighted by molar-refractivity contribution is 0.168. The SMILES string of the molecule is C=CCC[C@@H](C)[C@@]1(C)CCC(OCC)=C/C1=C(/CC[C@@H]1CC=C(c2cccnc2)C1)n1nccn1. The van der Waals surface area contributed by atoms with Crippen LogP contribution in [0.3, 0.4) is 0 Å². The molecule has 2 aliphatic rings. The van der Waals surface area contributed by atoms with Crippen molar-refractivity contribution in [1.82, 2.24) is 20.0 Å². The van der Waals surface area contributed by atoms with E-state index >= 15 is 0 Å². The van der Waals surface area contributed by atoms with Crippen LogP contribution in [0.4, 0.5) is 0 Å². The Bertz CT molecular complexity index is 1070. The smallest absolute Gasteiger partial charge is 0.0963 e. The predicted molar refractivity (Wildman–Crippen MR) is 143 cm³/mol. The number of rotatable bonds is 11. The third kappa shape index (κ3) is 5.83. The third-order valence-electron chi connectivity index (χ3n) is 8.03. The fraction of sp³-hybridized carbons (Fsp3) is 0.500. The number of allylic oxidation sites excluding steroid dienone is 7. The highest BCUT2D eigenvalue weighted by Crippen LogP contribution is 2.49. The van der Waals surface area contributed by atoms with E-state index in [1.54, 1.807) is 12.4 Å². The normalized spacial score (nSPS) is 24.5. The maximum atomic E-state index is 6.02. The molecule has 5 heteroatoms. The van der Waals surface area contributed by atoms with E-state index < -0.39 is 0 Å². The lowest BCUT2D eigenvalue weighted by Crippen LogP contribution is -2.32. The van der Waals surface area contributed by atoms with Crippen LogP contribution in [-0.4, -0.2) is 26.6 Å². The van der Waals surface area contributed by atoms with Gasteiger partial charge in [-0.15, -0.1) is 6.58 Å². The van der Waals surface area contributed by atoms with Crippen molar-refractivity contribution in [3.8, 4) is 0 Å². The van der Waals surface area contributed by atoms with E-state index in [9.17, 15) is 0 Å². The summed E-state index contributed by atoms with van der Waals surface area (Å²) in [4.78, 5) is 6.17. The number of nitrogens with zero attached hydrogens (tertiary/aromatic N) is 4. The summed E-state index contributed by atoms with van der Waals surface area (Å²) >= 11 is 0. The second-order valence-electron chi connectivity index (χ2n) is 10.2. The van der Waals surface area contributed by atoms with E-state index in [0.717, 1.165) is 57.1 Å². The van der Waals surface area contributed by atoms with E-state index in [1.807, 2.05) is 29.3 Å². The van der Waals surface area contributed by atoms with E-state index in [4.69, 9.17) is 4.74 Å². The largest absolute Gasteiger partial charge is 0.498 e. The van der Waals surface area contributed by atoms with Crippen LogP contribution in [0, 0.1) is 17.3 Å². The Morgan fingerprint density at radius 2 is 2.14 bits per heavy atom. The minimum absolute atomic E-state index is 0.0430. The Hall–Kier alpha value is -2.95. The monoisotopic (exact) mass is 472 g/mol. The van der Waals surface area contributed by atoms with Gasteiger partial charge < -0.3 is 4.74 Å². The van der Waals surface area contributed by atoms with Gasteiger partial charge in [0, 0.05) is 18.8 Å². The van der Waals surface area contributed by atoms with Crippen LogP contribution in [0.1, 0.15) is 77.7 Å². The third-order valence-corrected chi connectivity index (χ3v) is 8.03. The Balaban J connectivity index is 1.62. The zero-order valence-corrected chi connectivity index (χ0v) is 21.6.